The fourth-order valence-electron chi connectivity index (χ4n) is 4.34. The lowest BCUT2D eigenvalue weighted by Gasteiger charge is -2.32. The van der Waals surface area contributed by atoms with E-state index in [1.165, 1.54) is 12.8 Å². The zero-order chi connectivity index (χ0) is 19.5. The van der Waals surface area contributed by atoms with E-state index in [1.54, 1.807) is 10.9 Å². The van der Waals surface area contributed by atoms with Crippen LogP contribution in [0.1, 0.15) is 55.0 Å². The summed E-state index contributed by atoms with van der Waals surface area (Å²) in [6, 6.07) is 5.63. The lowest BCUT2D eigenvalue weighted by molar-refractivity contribution is -0.134. The molecule has 0 radical (unpaired) electrons. The monoisotopic (exact) mass is 381 g/mol. The Kier molecular flexibility index (Phi) is 5.41. The predicted octanol–water partition coefficient (Wildman–Crippen LogP) is 2.14. The highest BCUT2D eigenvalue weighted by Crippen LogP contribution is 2.31. The first-order valence-corrected chi connectivity index (χ1v) is 10.1. The summed E-state index contributed by atoms with van der Waals surface area (Å²) in [7, 11) is 1.85. The van der Waals surface area contributed by atoms with Gasteiger partial charge in [0.2, 0.25) is 11.8 Å². The molecule has 28 heavy (non-hydrogen) atoms. The van der Waals surface area contributed by atoms with Crippen molar-refractivity contribution in [3.63, 3.8) is 0 Å². The van der Waals surface area contributed by atoms with Crippen molar-refractivity contribution in [1.29, 1.82) is 0 Å². The number of nitrogens with zero attached hydrogens (tertiary/aromatic N) is 4. The molecule has 1 aliphatic heterocycles. The SMILES string of the molecule is Cn1cc2c(n1)[C@@H](C(=O)NCc1ccccn1)CN(C(=O)CC1CCCC1)C2. The molecule has 0 bridgehead atoms. The molecule has 2 aromatic rings. The quantitative estimate of drug-likeness (QED) is 0.860. The van der Waals surface area contributed by atoms with Crippen molar-refractivity contribution in [1.82, 2.24) is 25.0 Å². The molecule has 1 atom stereocenters. The minimum atomic E-state index is -0.443. The molecule has 1 saturated carbocycles. The van der Waals surface area contributed by atoms with Gasteiger partial charge in [-0.1, -0.05) is 18.9 Å². The Morgan fingerprint density at radius 1 is 1.25 bits per heavy atom. The first-order chi connectivity index (χ1) is 13.6. The number of aryl methyl sites for hydroxylation is 1. The number of carbonyl (C=O) groups excluding carboxylic acids is 2. The van der Waals surface area contributed by atoms with Crippen LogP contribution in [0.3, 0.4) is 0 Å². The Balaban J connectivity index is 1.46. The number of hydrogen-bond acceptors (Lipinski definition) is 4. The van der Waals surface area contributed by atoms with Crippen molar-refractivity contribution in [2.45, 2.75) is 51.1 Å². The second-order valence-corrected chi connectivity index (χ2v) is 7.93. The Morgan fingerprint density at radius 3 is 2.82 bits per heavy atom. The van der Waals surface area contributed by atoms with E-state index in [-0.39, 0.29) is 11.8 Å². The number of rotatable bonds is 5. The van der Waals surface area contributed by atoms with Crippen LogP contribution in [0.2, 0.25) is 0 Å². The van der Waals surface area contributed by atoms with Gasteiger partial charge in [0.15, 0.2) is 0 Å². The fraction of sp³-hybridized carbons (Fsp3) is 0.524. The molecule has 2 amide bonds. The van der Waals surface area contributed by atoms with Crippen LogP contribution in [0, 0.1) is 5.92 Å². The average Bonchev–Trinajstić information content (AvgIpc) is 3.34. The Morgan fingerprint density at radius 2 is 2.07 bits per heavy atom. The summed E-state index contributed by atoms with van der Waals surface area (Å²) in [6.45, 7) is 1.30. The van der Waals surface area contributed by atoms with Crippen molar-refractivity contribution in [3.8, 4) is 0 Å². The topological polar surface area (TPSA) is 80.1 Å². The molecule has 2 aliphatic rings. The summed E-state index contributed by atoms with van der Waals surface area (Å²) >= 11 is 0. The maximum atomic E-state index is 12.9. The normalized spacial score (nSPS) is 19.5. The molecule has 3 heterocycles. The van der Waals surface area contributed by atoms with E-state index in [0.29, 0.717) is 32.0 Å². The third kappa shape index (κ3) is 4.08. The molecule has 1 N–H and O–H groups in total. The number of hydrogen-bond donors (Lipinski definition) is 1. The summed E-state index contributed by atoms with van der Waals surface area (Å²) in [5.74, 6) is 0.105. The van der Waals surface area contributed by atoms with Gasteiger partial charge in [0.1, 0.15) is 0 Å². The minimum Gasteiger partial charge on any atom is -0.350 e. The van der Waals surface area contributed by atoms with Crippen LogP contribution in [0.4, 0.5) is 0 Å². The molecule has 0 saturated heterocycles. The number of nitrogens with one attached hydrogen (secondary N) is 1. The summed E-state index contributed by atoms with van der Waals surface area (Å²) < 4.78 is 1.73. The third-order valence-electron chi connectivity index (χ3n) is 5.81. The van der Waals surface area contributed by atoms with Crippen molar-refractivity contribution < 1.29 is 9.59 Å². The van der Waals surface area contributed by atoms with Crippen molar-refractivity contribution >= 4 is 11.8 Å². The highest BCUT2D eigenvalue weighted by atomic mass is 16.2. The number of aromatic nitrogens is 3. The van der Waals surface area contributed by atoms with E-state index in [4.69, 9.17) is 0 Å². The number of amides is 2. The fourth-order valence-corrected chi connectivity index (χ4v) is 4.34. The molecule has 7 heteroatoms. The molecule has 1 fully saturated rings. The molecular formula is C21H27N5O2. The smallest absolute Gasteiger partial charge is 0.231 e. The Labute approximate surface area is 165 Å². The van der Waals surface area contributed by atoms with Crippen molar-refractivity contribution in [2.75, 3.05) is 6.54 Å². The second-order valence-electron chi connectivity index (χ2n) is 7.93. The first kappa shape index (κ1) is 18.7. The zero-order valence-corrected chi connectivity index (χ0v) is 16.3. The molecule has 0 aromatic carbocycles. The first-order valence-electron chi connectivity index (χ1n) is 10.1. The maximum Gasteiger partial charge on any atom is 0.231 e. The Bertz CT molecular complexity index is 842. The molecule has 1 aliphatic carbocycles. The zero-order valence-electron chi connectivity index (χ0n) is 16.3. The van der Waals surface area contributed by atoms with E-state index in [0.717, 1.165) is 29.8 Å². The lowest BCUT2D eigenvalue weighted by Crippen LogP contribution is -2.44. The van der Waals surface area contributed by atoms with E-state index in [9.17, 15) is 9.59 Å². The van der Waals surface area contributed by atoms with Gasteiger partial charge in [0, 0.05) is 44.5 Å². The van der Waals surface area contributed by atoms with E-state index in [1.807, 2.05) is 36.3 Å². The summed E-state index contributed by atoms with van der Waals surface area (Å²) in [4.78, 5) is 31.9. The molecule has 0 unspecified atom stereocenters. The molecule has 148 valence electrons. The molecule has 2 aromatic heterocycles. The number of carbonyl (C=O) groups is 2. The Hall–Kier alpha value is -2.70. The highest BCUT2D eigenvalue weighted by Gasteiger charge is 2.35. The van der Waals surface area contributed by atoms with Crippen LogP contribution in [-0.4, -0.2) is 38.0 Å². The van der Waals surface area contributed by atoms with Gasteiger partial charge in [0.05, 0.1) is 23.9 Å². The third-order valence-corrected chi connectivity index (χ3v) is 5.81. The van der Waals surface area contributed by atoms with E-state index < -0.39 is 5.92 Å². The van der Waals surface area contributed by atoms with E-state index in [2.05, 4.69) is 15.4 Å². The minimum absolute atomic E-state index is 0.107. The summed E-state index contributed by atoms with van der Waals surface area (Å²) in [5.41, 5.74) is 2.56. The maximum absolute atomic E-state index is 12.9. The number of pyridine rings is 1. The van der Waals surface area contributed by atoms with Gasteiger partial charge in [-0.15, -0.1) is 0 Å². The van der Waals surface area contributed by atoms with Crippen molar-refractivity contribution in [2.24, 2.45) is 13.0 Å². The van der Waals surface area contributed by atoms with Crippen LogP contribution >= 0.6 is 0 Å². The number of fused-ring (bicyclic) bond motifs is 1. The van der Waals surface area contributed by atoms with Gasteiger partial charge in [0.25, 0.3) is 0 Å². The molecule has 7 nitrogen and oxygen atoms in total. The van der Waals surface area contributed by atoms with Gasteiger partial charge in [-0.25, -0.2) is 0 Å². The molecule has 4 rings (SSSR count). The van der Waals surface area contributed by atoms with E-state index >= 15 is 0 Å². The van der Waals surface area contributed by atoms with Crippen molar-refractivity contribution in [3.05, 3.63) is 47.5 Å². The van der Waals surface area contributed by atoms with Crippen LogP contribution in [0.15, 0.2) is 30.6 Å². The van der Waals surface area contributed by atoms with Gasteiger partial charge in [-0.2, -0.15) is 5.10 Å². The summed E-state index contributed by atoms with van der Waals surface area (Å²) in [6.07, 6.45) is 8.97. The van der Waals surface area contributed by atoms with Gasteiger partial charge in [-0.3, -0.25) is 19.3 Å². The average molecular weight is 381 g/mol. The highest BCUT2D eigenvalue weighted by molar-refractivity contribution is 5.85. The summed E-state index contributed by atoms with van der Waals surface area (Å²) in [5, 5.41) is 7.47. The van der Waals surface area contributed by atoms with Gasteiger partial charge in [-0.05, 0) is 30.9 Å². The standard InChI is InChI=1S/C21H27N5O2/c1-25-12-16-13-26(19(27)10-15-6-2-3-7-15)14-18(20(16)24-25)21(28)23-11-17-8-4-5-9-22-17/h4-5,8-9,12,15,18H,2-3,6-7,10-11,13-14H2,1H3,(H,23,28)/t18-/m0/s1. The largest absolute Gasteiger partial charge is 0.350 e. The van der Waals surface area contributed by atoms with Crippen LogP contribution in [-0.2, 0) is 29.7 Å². The molecule has 0 spiro atoms. The van der Waals surface area contributed by atoms with Crippen LogP contribution in [0.5, 0.6) is 0 Å². The predicted molar refractivity (Wildman–Crippen MR) is 104 cm³/mol. The van der Waals surface area contributed by atoms with Crippen LogP contribution in [0.25, 0.3) is 0 Å². The van der Waals surface area contributed by atoms with Gasteiger partial charge < -0.3 is 10.2 Å². The lowest BCUT2D eigenvalue weighted by atomic mass is 9.94. The van der Waals surface area contributed by atoms with Crippen LogP contribution < -0.4 is 5.32 Å². The second kappa shape index (κ2) is 8.12. The van der Waals surface area contributed by atoms with Gasteiger partial charge >= 0.3 is 0 Å². The molecular weight excluding hydrogens is 354 g/mol.